The van der Waals surface area contributed by atoms with Gasteiger partial charge in [-0.3, -0.25) is 19.7 Å². The van der Waals surface area contributed by atoms with Crippen LogP contribution in [0.25, 0.3) is 11.1 Å². The van der Waals surface area contributed by atoms with Gasteiger partial charge in [0.05, 0.1) is 24.8 Å². The summed E-state index contributed by atoms with van der Waals surface area (Å²) in [7, 11) is 0. The summed E-state index contributed by atoms with van der Waals surface area (Å²) in [6.07, 6.45) is -0.140. The zero-order valence-corrected chi connectivity index (χ0v) is 15.1. The van der Waals surface area contributed by atoms with Crippen molar-refractivity contribution in [3.05, 3.63) is 51.8 Å². The first kappa shape index (κ1) is 19.5. The molecule has 2 heterocycles. The standard InChI is InChI=1S/C18H20N4O6/c1-10(14-9-20-5-6-27-14)21-18(24)12-4-2-3-11(7-12)13-8-15(22(25)26)28-16(13)17(19)23/h2-4,7-8,10,14,20H,5-6,9H2,1H3,(H2,19,23)(H,21,24). The van der Waals surface area contributed by atoms with Gasteiger partial charge in [0.2, 0.25) is 5.76 Å². The van der Waals surface area contributed by atoms with E-state index >= 15 is 0 Å². The molecule has 0 spiro atoms. The molecular weight excluding hydrogens is 368 g/mol. The van der Waals surface area contributed by atoms with Crippen LogP contribution in [0, 0.1) is 10.1 Å². The van der Waals surface area contributed by atoms with Crippen LogP contribution in [0.15, 0.2) is 34.7 Å². The highest BCUT2D eigenvalue weighted by molar-refractivity contribution is 5.99. The lowest BCUT2D eigenvalue weighted by Gasteiger charge is -2.29. The van der Waals surface area contributed by atoms with Gasteiger partial charge in [0.1, 0.15) is 4.92 Å². The predicted octanol–water partition coefficient (Wildman–Crippen LogP) is 1.06. The monoisotopic (exact) mass is 388 g/mol. The van der Waals surface area contributed by atoms with Gasteiger partial charge in [-0.15, -0.1) is 0 Å². The molecule has 0 bridgehead atoms. The number of ether oxygens (including phenoxy) is 1. The number of benzene rings is 1. The lowest BCUT2D eigenvalue weighted by molar-refractivity contribution is -0.402. The molecule has 4 N–H and O–H groups in total. The van der Waals surface area contributed by atoms with Crippen LogP contribution in [0.4, 0.5) is 5.88 Å². The molecule has 1 saturated heterocycles. The zero-order chi connectivity index (χ0) is 20.3. The molecule has 1 aromatic carbocycles. The average Bonchev–Trinajstić information content (AvgIpc) is 3.15. The number of furan rings is 1. The van der Waals surface area contributed by atoms with Crippen LogP contribution >= 0.6 is 0 Å². The maximum atomic E-state index is 12.6. The van der Waals surface area contributed by atoms with E-state index in [-0.39, 0.29) is 29.4 Å². The van der Waals surface area contributed by atoms with Crippen molar-refractivity contribution in [2.45, 2.75) is 19.1 Å². The molecule has 2 atom stereocenters. The number of nitrogens with one attached hydrogen (secondary N) is 2. The Balaban J connectivity index is 1.83. The summed E-state index contributed by atoms with van der Waals surface area (Å²) in [4.78, 5) is 34.4. The quantitative estimate of drug-likeness (QED) is 0.494. The van der Waals surface area contributed by atoms with E-state index in [2.05, 4.69) is 10.6 Å². The molecule has 10 nitrogen and oxygen atoms in total. The van der Waals surface area contributed by atoms with Crippen LogP contribution in [0.5, 0.6) is 0 Å². The molecule has 10 heteroatoms. The minimum atomic E-state index is -0.937. The van der Waals surface area contributed by atoms with Crippen molar-refractivity contribution in [2.75, 3.05) is 19.7 Å². The third-order valence-electron chi connectivity index (χ3n) is 4.43. The summed E-state index contributed by atoms with van der Waals surface area (Å²) in [5, 5.41) is 17.0. The largest absolute Gasteiger partial charge is 0.434 e. The van der Waals surface area contributed by atoms with Crippen LogP contribution in [0.3, 0.4) is 0 Å². The maximum Gasteiger partial charge on any atom is 0.434 e. The molecular formula is C18H20N4O6. The fourth-order valence-electron chi connectivity index (χ4n) is 2.98. The molecule has 1 aliphatic rings. The van der Waals surface area contributed by atoms with Crippen LogP contribution in [-0.2, 0) is 4.74 Å². The third-order valence-corrected chi connectivity index (χ3v) is 4.43. The molecule has 0 radical (unpaired) electrons. The van der Waals surface area contributed by atoms with Crippen molar-refractivity contribution in [3.8, 4) is 11.1 Å². The number of nitrogens with zero attached hydrogens (tertiary/aromatic N) is 1. The SMILES string of the molecule is CC(NC(=O)c1cccc(-c2cc([N+](=O)[O-])oc2C(N)=O)c1)C1CNCCO1. The average molecular weight is 388 g/mol. The summed E-state index contributed by atoms with van der Waals surface area (Å²) in [6, 6.07) is 7.22. The normalized spacial score (nSPS) is 17.7. The molecule has 28 heavy (non-hydrogen) atoms. The van der Waals surface area contributed by atoms with E-state index in [9.17, 15) is 19.7 Å². The van der Waals surface area contributed by atoms with Gasteiger partial charge >= 0.3 is 5.88 Å². The molecule has 1 fully saturated rings. The molecule has 2 aromatic rings. The van der Waals surface area contributed by atoms with Crippen molar-refractivity contribution in [3.63, 3.8) is 0 Å². The first-order chi connectivity index (χ1) is 13.4. The second kappa shape index (κ2) is 8.19. The fourth-order valence-corrected chi connectivity index (χ4v) is 2.98. The highest BCUT2D eigenvalue weighted by Gasteiger charge is 2.25. The third kappa shape index (κ3) is 4.18. The van der Waals surface area contributed by atoms with E-state index in [0.717, 1.165) is 12.6 Å². The number of hydrogen-bond acceptors (Lipinski definition) is 7. The van der Waals surface area contributed by atoms with Crippen molar-refractivity contribution in [1.29, 1.82) is 0 Å². The van der Waals surface area contributed by atoms with Gasteiger partial charge in [0.25, 0.3) is 11.8 Å². The summed E-state index contributed by atoms with van der Waals surface area (Å²) in [6.45, 7) is 3.85. The number of nitrogens with two attached hydrogens (primary N) is 1. The molecule has 0 aliphatic carbocycles. The highest BCUT2D eigenvalue weighted by Crippen LogP contribution is 2.31. The summed E-state index contributed by atoms with van der Waals surface area (Å²) >= 11 is 0. The summed E-state index contributed by atoms with van der Waals surface area (Å²) in [5.41, 5.74) is 6.14. The summed E-state index contributed by atoms with van der Waals surface area (Å²) < 4.78 is 10.6. The first-order valence-electron chi connectivity index (χ1n) is 8.68. The fraction of sp³-hybridized carbons (Fsp3) is 0.333. The number of carbonyl (C=O) groups is 2. The number of primary amides is 1. The van der Waals surface area contributed by atoms with Gasteiger partial charge in [0.15, 0.2) is 0 Å². The van der Waals surface area contributed by atoms with E-state index in [1.54, 1.807) is 18.2 Å². The van der Waals surface area contributed by atoms with Crippen LogP contribution < -0.4 is 16.4 Å². The molecule has 2 amide bonds. The van der Waals surface area contributed by atoms with Crippen LogP contribution in [0.2, 0.25) is 0 Å². The number of morpholine rings is 1. The molecule has 2 unspecified atom stereocenters. The first-order valence-corrected chi connectivity index (χ1v) is 8.68. The predicted molar refractivity (Wildman–Crippen MR) is 98.9 cm³/mol. The van der Waals surface area contributed by atoms with Crippen molar-refractivity contribution in [1.82, 2.24) is 10.6 Å². The van der Waals surface area contributed by atoms with E-state index in [4.69, 9.17) is 14.9 Å². The number of carbonyl (C=O) groups excluding carboxylic acids is 2. The van der Waals surface area contributed by atoms with Crippen molar-refractivity contribution in [2.24, 2.45) is 5.73 Å². The zero-order valence-electron chi connectivity index (χ0n) is 15.1. The van der Waals surface area contributed by atoms with E-state index in [0.29, 0.717) is 24.3 Å². The Bertz CT molecular complexity index is 903. The lowest BCUT2D eigenvalue weighted by atomic mass is 10.0. The number of rotatable bonds is 6. The highest BCUT2D eigenvalue weighted by atomic mass is 16.6. The maximum absolute atomic E-state index is 12.6. The van der Waals surface area contributed by atoms with E-state index < -0.39 is 16.7 Å². The van der Waals surface area contributed by atoms with Crippen LogP contribution in [-0.4, -0.2) is 48.6 Å². The Hall–Kier alpha value is -3.24. The summed E-state index contributed by atoms with van der Waals surface area (Å²) in [5.74, 6) is -2.20. The van der Waals surface area contributed by atoms with Crippen LogP contribution in [0.1, 0.15) is 27.8 Å². The van der Waals surface area contributed by atoms with Gasteiger partial charge in [-0.1, -0.05) is 12.1 Å². The van der Waals surface area contributed by atoms with E-state index in [1.807, 2.05) is 6.92 Å². The molecule has 1 aromatic heterocycles. The Kier molecular flexibility index (Phi) is 5.71. The Labute approximate surface area is 160 Å². The van der Waals surface area contributed by atoms with E-state index in [1.165, 1.54) is 6.07 Å². The van der Waals surface area contributed by atoms with Crippen molar-refractivity contribution >= 4 is 17.7 Å². The lowest BCUT2D eigenvalue weighted by Crippen LogP contribution is -2.50. The second-order valence-electron chi connectivity index (χ2n) is 6.41. The van der Waals surface area contributed by atoms with Gasteiger partial charge < -0.3 is 25.5 Å². The minimum Gasteiger partial charge on any atom is -0.395 e. The second-order valence-corrected chi connectivity index (χ2v) is 6.41. The molecule has 0 saturated carbocycles. The number of amides is 2. The Morgan fingerprint density at radius 3 is 2.82 bits per heavy atom. The van der Waals surface area contributed by atoms with Gasteiger partial charge in [-0.2, -0.15) is 0 Å². The topological polar surface area (TPSA) is 150 Å². The molecule has 3 rings (SSSR count). The van der Waals surface area contributed by atoms with Gasteiger partial charge in [0, 0.05) is 24.2 Å². The molecule has 148 valence electrons. The Morgan fingerprint density at radius 1 is 1.39 bits per heavy atom. The van der Waals surface area contributed by atoms with Crippen molar-refractivity contribution < 1.29 is 23.7 Å². The number of nitro groups is 1. The smallest absolute Gasteiger partial charge is 0.395 e. The van der Waals surface area contributed by atoms with Gasteiger partial charge in [-0.25, -0.2) is 0 Å². The minimum absolute atomic E-state index is 0.140. The molecule has 1 aliphatic heterocycles. The Morgan fingerprint density at radius 2 is 2.18 bits per heavy atom. The number of hydrogen-bond donors (Lipinski definition) is 3. The van der Waals surface area contributed by atoms with Gasteiger partial charge in [-0.05, 0) is 24.6 Å².